The molecule has 1 aromatic rings. The highest BCUT2D eigenvalue weighted by Crippen LogP contribution is 2.33. The Hall–Kier alpha value is -1.36. The fourth-order valence-electron chi connectivity index (χ4n) is 3.59. The van der Waals surface area contributed by atoms with Crippen molar-refractivity contribution in [1.29, 1.82) is 0 Å². The molecule has 0 saturated carbocycles. The Labute approximate surface area is 202 Å². The van der Waals surface area contributed by atoms with Gasteiger partial charge in [-0.15, -0.1) is 24.0 Å². The number of methoxy groups -OCH3 is 2. The Morgan fingerprint density at radius 1 is 1.19 bits per heavy atom. The highest BCUT2D eigenvalue weighted by Gasteiger charge is 2.24. The number of hydrogen-bond acceptors (Lipinski definition) is 4. The van der Waals surface area contributed by atoms with E-state index in [1.165, 1.54) is 0 Å². The fourth-order valence-corrected chi connectivity index (χ4v) is 3.59. The van der Waals surface area contributed by atoms with Crippen LogP contribution >= 0.6 is 24.0 Å². The van der Waals surface area contributed by atoms with Crippen LogP contribution in [0.2, 0.25) is 0 Å². The van der Waals surface area contributed by atoms with E-state index in [4.69, 9.17) is 14.5 Å². The topological polar surface area (TPSA) is 58.1 Å². The molecule has 1 fully saturated rings. The second-order valence-corrected chi connectivity index (χ2v) is 8.26. The highest BCUT2D eigenvalue weighted by atomic mass is 127. The summed E-state index contributed by atoms with van der Waals surface area (Å²) in [4.78, 5) is 6.64. The van der Waals surface area contributed by atoms with E-state index in [1.54, 1.807) is 14.2 Å². The zero-order chi connectivity index (χ0) is 22.1. The number of aliphatic imine (C=N–C) groups is 1. The summed E-state index contributed by atoms with van der Waals surface area (Å²) in [5.41, 5.74) is 0.905. The van der Waals surface area contributed by atoms with E-state index in [2.05, 4.69) is 24.5 Å². The maximum Gasteiger partial charge on any atom is 0.251 e. The number of piperidine rings is 1. The monoisotopic (exact) mass is 554 g/mol. The molecule has 9 heteroatoms. The van der Waals surface area contributed by atoms with Gasteiger partial charge in [0.2, 0.25) is 0 Å². The van der Waals surface area contributed by atoms with Gasteiger partial charge in [0.05, 0.1) is 27.3 Å². The number of rotatable bonds is 9. The number of ether oxygens (including phenoxy) is 2. The molecule has 0 aromatic heterocycles. The number of nitrogens with zero attached hydrogens (tertiary/aromatic N) is 2. The zero-order valence-electron chi connectivity index (χ0n) is 19.2. The molecular formula is C22H37F2IN4O2. The molecule has 0 atom stereocenters. The molecule has 1 saturated heterocycles. The van der Waals surface area contributed by atoms with Crippen LogP contribution in [0.25, 0.3) is 0 Å². The zero-order valence-corrected chi connectivity index (χ0v) is 21.5. The average Bonchev–Trinajstić information content (AvgIpc) is 2.72. The average molecular weight is 554 g/mol. The van der Waals surface area contributed by atoms with Crippen molar-refractivity contribution in [2.24, 2.45) is 4.99 Å². The molecule has 0 aliphatic carbocycles. The van der Waals surface area contributed by atoms with Crippen LogP contribution in [-0.4, -0.2) is 70.3 Å². The lowest BCUT2D eigenvalue weighted by Crippen LogP contribution is -2.49. The van der Waals surface area contributed by atoms with E-state index in [0.717, 1.165) is 30.9 Å². The van der Waals surface area contributed by atoms with Crippen LogP contribution in [-0.2, 0) is 5.41 Å². The lowest BCUT2D eigenvalue weighted by Gasteiger charge is -2.33. The largest absolute Gasteiger partial charge is 0.493 e. The first-order valence-electron chi connectivity index (χ1n) is 10.6. The Morgan fingerprint density at radius 3 is 2.39 bits per heavy atom. The summed E-state index contributed by atoms with van der Waals surface area (Å²) in [6, 6.07) is 6.18. The van der Waals surface area contributed by atoms with Crippen molar-refractivity contribution in [2.45, 2.75) is 51.5 Å². The SMILES string of the molecule is CCNC(=NCC(C)(C)c1ccc(OC)c(OC)c1)NC1CCN(CC(F)F)CC1.I. The number of guanidine groups is 1. The van der Waals surface area contributed by atoms with Gasteiger partial charge in [0.25, 0.3) is 6.43 Å². The van der Waals surface area contributed by atoms with Crippen molar-refractivity contribution in [3.63, 3.8) is 0 Å². The smallest absolute Gasteiger partial charge is 0.251 e. The molecule has 1 aliphatic rings. The number of benzene rings is 1. The third kappa shape index (κ3) is 8.59. The van der Waals surface area contributed by atoms with Crippen LogP contribution in [0.5, 0.6) is 11.5 Å². The summed E-state index contributed by atoms with van der Waals surface area (Å²) < 4.78 is 35.9. The van der Waals surface area contributed by atoms with Crippen LogP contribution in [0.1, 0.15) is 39.2 Å². The predicted octanol–water partition coefficient (Wildman–Crippen LogP) is 3.88. The van der Waals surface area contributed by atoms with Crippen LogP contribution in [0.4, 0.5) is 8.78 Å². The van der Waals surface area contributed by atoms with Crippen LogP contribution < -0.4 is 20.1 Å². The van der Waals surface area contributed by atoms with Crippen LogP contribution in [0.15, 0.2) is 23.2 Å². The second-order valence-electron chi connectivity index (χ2n) is 8.26. The number of hydrogen-bond donors (Lipinski definition) is 2. The van der Waals surface area contributed by atoms with Crippen LogP contribution in [0.3, 0.4) is 0 Å². The van der Waals surface area contributed by atoms with E-state index >= 15 is 0 Å². The van der Waals surface area contributed by atoms with Gasteiger partial charge in [-0.1, -0.05) is 19.9 Å². The minimum Gasteiger partial charge on any atom is -0.493 e. The van der Waals surface area contributed by atoms with Crippen molar-refractivity contribution in [3.05, 3.63) is 23.8 Å². The number of alkyl halides is 2. The first-order valence-corrected chi connectivity index (χ1v) is 10.6. The normalized spacial score (nSPS) is 16.1. The molecule has 31 heavy (non-hydrogen) atoms. The molecule has 2 N–H and O–H groups in total. The van der Waals surface area contributed by atoms with E-state index in [-0.39, 0.29) is 42.0 Å². The fraction of sp³-hybridized carbons (Fsp3) is 0.682. The standard InChI is InChI=1S/C22H36F2N4O2.HI/c1-6-25-21(27-17-9-11-28(12-10-17)14-20(23)24)26-15-22(2,3)16-7-8-18(29-4)19(13-16)30-5;/h7-8,13,17,20H,6,9-12,14-15H2,1-5H3,(H2,25,26,27);1H. The first-order chi connectivity index (χ1) is 14.3. The van der Waals surface area contributed by atoms with Gasteiger partial charge in [-0.3, -0.25) is 9.89 Å². The summed E-state index contributed by atoms with van der Waals surface area (Å²) in [5.74, 6) is 2.17. The van der Waals surface area contributed by atoms with Gasteiger partial charge in [-0.2, -0.15) is 0 Å². The van der Waals surface area contributed by atoms with Gasteiger partial charge in [0.1, 0.15) is 0 Å². The van der Waals surface area contributed by atoms with Gasteiger partial charge in [-0.05, 0) is 37.5 Å². The van der Waals surface area contributed by atoms with E-state index in [1.807, 2.05) is 30.0 Å². The Balaban J connectivity index is 0.00000480. The molecule has 0 bridgehead atoms. The molecule has 0 unspecified atom stereocenters. The van der Waals surface area contributed by atoms with E-state index in [0.29, 0.717) is 31.1 Å². The maximum atomic E-state index is 12.6. The number of nitrogens with one attached hydrogen (secondary N) is 2. The molecule has 1 heterocycles. The minimum atomic E-state index is -2.27. The van der Waals surface area contributed by atoms with Gasteiger partial charge < -0.3 is 20.1 Å². The van der Waals surface area contributed by atoms with Gasteiger partial charge >= 0.3 is 0 Å². The summed E-state index contributed by atoms with van der Waals surface area (Å²) >= 11 is 0. The molecule has 1 aromatic carbocycles. The van der Waals surface area contributed by atoms with Crippen molar-refractivity contribution >= 4 is 29.9 Å². The van der Waals surface area contributed by atoms with Gasteiger partial charge in [0.15, 0.2) is 17.5 Å². The Kier molecular flexibility index (Phi) is 11.8. The summed E-state index contributed by atoms with van der Waals surface area (Å²) in [5, 5.41) is 6.77. The molecule has 0 spiro atoms. The van der Waals surface area contributed by atoms with Crippen molar-refractivity contribution in [1.82, 2.24) is 15.5 Å². The third-order valence-corrected chi connectivity index (χ3v) is 5.47. The van der Waals surface area contributed by atoms with E-state index < -0.39 is 6.43 Å². The summed E-state index contributed by atoms with van der Waals surface area (Å²) in [7, 11) is 3.26. The predicted molar refractivity (Wildman–Crippen MR) is 133 cm³/mol. The Bertz CT molecular complexity index is 696. The van der Waals surface area contributed by atoms with Crippen molar-refractivity contribution in [3.8, 4) is 11.5 Å². The maximum absolute atomic E-state index is 12.6. The summed E-state index contributed by atoms with van der Waals surface area (Å²) in [6.07, 6.45) is -0.612. The molecular weight excluding hydrogens is 517 g/mol. The van der Waals surface area contributed by atoms with Crippen molar-refractivity contribution < 1.29 is 18.3 Å². The molecule has 1 aliphatic heterocycles. The van der Waals surface area contributed by atoms with Gasteiger partial charge in [-0.25, -0.2) is 8.78 Å². The Morgan fingerprint density at radius 2 is 1.84 bits per heavy atom. The van der Waals surface area contributed by atoms with Crippen molar-refractivity contribution in [2.75, 3.05) is 46.9 Å². The van der Waals surface area contributed by atoms with Crippen LogP contribution in [0, 0.1) is 0 Å². The minimum absolute atomic E-state index is 0. The third-order valence-electron chi connectivity index (χ3n) is 5.47. The van der Waals surface area contributed by atoms with Gasteiger partial charge in [0, 0.05) is 31.1 Å². The quantitative estimate of drug-likeness (QED) is 0.276. The highest BCUT2D eigenvalue weighted by molar-refractivity contribution is 14.0. The number of likely N-dealkylation sites (tertiary alicyclic amines) is 1. The van der Waals surface area contributed by atoms with E-state index in [9.17, 15) is 8.78 Å². The lowest BCUT2D eigenvalue weighted by atomic mass is 9.84. The number of halogens is 3. The molecule has 0 radical (unpaired) electrons. The molecule has 0 amide bonds. The molecule has 178 valence electrons. The molecule has 6 nitrogen and oxygen atoms in total. The second kappa shape index (κ2) is 13.2. The first kappa shape index (κ1) is 27.7. The summed E-state index contributed by atoms with van der Waals surface area (Å²) in [6.45, 7) is 8.88. The molecule has 2 rings (SSSR count). The lowest BCUT2D eigenvalue weighted by molar-refractivity contribution is 0.0744.